The predicted molar refractivity (Wildman–Crippen MR) is 91.3 cm³/mol. The Balaban J connectivity index is 2.04. The van der Waals surface area contributed by atoms with E-state index in [1.54, 1.807) is 18.7 Å². The zero-order valence-electron chi connectivity index (χ0n) is 12.7. The van der Waals surface area contributed by atoms with Gasteiger partial charge in [0.25, 0.3) is 5.56 Å². The van der Waals surface area contributed by atoms with Gasteiger partial charge in [-0.1, -0.05) is 6.92 Å². The van der Waals surface area contributed by atoms with Gasteiger partial charge in [-0.15, -0.1) is 0 Å². The van der Waals surface area contributed by atoms with E-state index in [1.165, 1.54) is 6.07 Å². The minimum absolute atomic E-state index is 0.00999. The van der Waals surface area contributed by atoms with Crippen LogP contribution in [0.25, 0.3) is 11.4 Å². The Morgan fingerprint density at radius 1 is 1.32 bits per heavy atom. The Morgan fingerprint density at radius 2 is 2.05 bits per heavy atom. The number of rotatable bonds is 6. The van der Waals surface area contributed by atoms with Gasteiger partial charge in [0.1, 0.15) is 5.82 Å². The molecular formula is C16H19N3O2S. The summed E-state index contributed by atoms with van der Waals surface area (Å²) in [6, 6.07) is 8.72. The van der Waals surface area contributed by atoms with E-state index < -0.39 is 0 Å². The van der Waals surface area contributed by atoms with Crippen molar-refractivity contribution in [3.8, 4) is 11.4 Å². The summed E-state index contributed by atoms with van der Waals surface area (Å²) < 4.78 is 0. The van der Waals surface area contributed by atoms with Crippen LogP contribution < -0.4 is 10.9 Å². The van der Waals surface area contributed by atoms with E-state index in [0.29, 0.717) is 17.9 Å². The molecule has 1 aromatic carbocycles. The Labute approximate surface area is 133 Å². The molecule has 1 heterocycles. The number of thioether (sulfide) groups is 1. The van der Waals surface area contributed by atoms with E-state index in [1.807, 2.05) is 24.3 Å². The van der Waals surface area contributed by atoms with Gasteiger partial charge in [-0.25, -0.2) is 4.98 Å². The number of nitrogens with one attached hydrogen (secondary N) is 2. The third-order valence-corrected chi connectivity index (χ3v) is 3.89. The molecule has 0 spiro atoms. The number of carbonyl (C=O) groups is 1. The average molecular weight is 317 g/mol. The lowest BCUT2D eigenvalue weighted by Gasteiger charge is -2.06. The van der Waals surface area contributed by atoms with Crippen LogP contribution in [-0.4, -0.2) is 27.4 Å². The van der Waals surface area contributed by atoms with E-state index in [9.17, 15) is 9.59 Å². The molecule has 1 aromatic heterocycles. The maximum Gasteiger partial charge on any atom is 0.251 e. The third kappa shape index (κ3) is 4.73. The molecule has 6 heteroatoms. The molecule has 0 aliphatic carbocycles. The zero-order chi connectivity index (χ0) is 15.9. The molecule has 0 bridgehead atoms. The second-order valence-corrected chi connectivity index (χ2v) is 6.20. The van der Waals surface area contributed by atoms with Crippen molar-refractivity contribution in [2.24, 2.45) is 0 Å². The summed E-state index contributed by atoms with van der Waals surface area (Å²) in [6.45, 7) is 3.85. The minimum atomic E-state index is -0.173. The van der Waals surface area contributed by atoms with Gasteiger partial charge in [0, 0.05) is 35.2 Å². The maximum atomic E-state index is 11.7. The summed E-state index contributed by atoms with van der Waals surface area (Å²) in [5, 5.41) is 2.86. The predicted octanol–water partition coefficient (Wildman–Crippen LogP) is 2.83. The van der Waals surface area contributed by atoms with Crippen LogP contribution in [0.2, 0.25) is 0 Å². The summed E-state index contributed by atoms with van der Waals surface area (Å²) in [7, 11) is 0. The first-order valence-electron chi connectivity index (χ1n) is 7.14. The normalized spacial score (nSPS) is 10.5. The molecule has 0 unspecified atom stereocenters. The molecule has 2 aromatic rings. The lowest BCUT2D eigenvalue weighted by molar-refractivity contribution is -0.115. The molecule has 0 fully saturated rings. The SMILES string of the molecule is CCSCCC(=O)Nc1ccc(-c2nc(C)cc(=O)[nH]2)cc1. The second-order valence-electron chi connectivity index (χ2n) is 4.81. The van der Waals surface area contributed by atoms with E-state index >= 15 is 0 Å². The largest absolute Gasteiger partial charge is 0.326 e. The third-order valence-electron chi connectivity index (χ3n) is 2.99. The summed E-state index contributed by atoms with van der Waals surface area (Å²) in [5.41, 5.74) is 2.04. The molecular weight excluding hydrogens is 298 g/mol. The molecule has 0 aliphatic heterocycles. The number of amides is 1. The van der Waals surface area contributed by atoms with Crippen LogP contribution in [0.3, 0.4) is 0 Å². The minimum Gasteiger partial charge on any atom is -0.326 e. The molecule has 0 atom stereocenters. The van der Waals surface area contributed by atoms with Crippen LogP contribution in [0, 0.1) is 6.92 Å². The van der Waals surface area contributed by atoms with Gasteiger partial charge in [0.2, 0.25) is 5.91 Å². The number of aryl methyl sites for hydroxylation is 1. The molecule has 0 radical (unpaired) electrons. The Kier molecular flexibility index (Phi) is 5.77. The van der Waals surface area contributed by atoms with Gasteiger partial charge in [-0.05, 0) is 36.9 Å². The highest BCUT2D eigenvalue weighted by Crippen LogP contribution is 2.17. The van der Waals surface area contributed by atoms with Crippen molar-refractivity contribution in [3.05, 3.63) is 46.4 Å². The Morgan fingerprint density at radius 3 is 2.68 bits per heavy atom. The second kappa shape index (κ2) is 7.79. The Hall–Kier alpha value is -2.08. The number of H-pyrrole nitrogens is 1. The van der Waals surface area contributed by atoms with Crippen LogP contribution in [0.5, 0.6) is 0 Å². The first kappa shape index (κ1) is 16.3. The highest BCUT2D eigenvalue weighted by Gasteiger charge is 2.05. The molecule has 116 valence electrons. The van der Waals surface area contributed by atoms with Crippen molar-refractivity contribution in [2.75, 3.05) is 16.8 Å². The molecule has 22 heavy (non-hydrogen) atoms. The van der Waals surface area contributed by atoms with Crippen LogP contribution in [-0.2, 0) is 4.79 Å². The van der Waals surface area contributed by atoms with Crippen LogP contribution in [0.4, 0.5) is 5.69 Å². The van der Waals surface area contributed by atoms with E-state index in [-0.39, 0.29) is 11.5 Å². The smallest absolute Gasteiger partial charge is 0.251 e. The summed E-state index contributed by atoms with van der Waals surface area (Å²) >= 11 is 1.75. The fourth-order valence-corrected chi connectivity index (χ4v) is 2.58. The monoisotopic (exact) mass is 317 g/mol. The molecule has 0 saturated heterocycles. The summed E-state index contributed by atoms with van der Waals surface area (Å²) in [4.78, 5) is 30.2. The van der Waals surface area contributed by atoms with Crippen molar-refractivity contribution < 1.29 is 4.79 Å². The summed E-state index contributed by atoms with van der Waals surface area (Å²) in [6.07, 6.45) is 0.507. The van der Waals surface area contributed by atoms with E-state index in [2.05, 4.69) is 22.2 Å². The van der Waals surface area contributed by atoms with E-state index in [4.69, 9.17) is 0 Å². The first-order chi connectivity index (χ1) is 10.6. The summed E-state index contributed by atoms with van der Waals surface area (Å²) in [5.74, 6) is 2.39. The van der Waals surface area contributed by atoms with E-state index in [0.717, 1.165) is 22.8 Å². The number of hydrogen-bond donors (Lipinski definition) is 2. The fourth-order valence-electron chi connectivity index (χ4n) is 1.96. The van der Waals surface area contributed by atoms with Gasteiger partial charge >= 0.3 is 0 Å². The highest BCUT2D eigenvalue weighted by molar-refractivity contribution is 7.99. The van der Waals surface area contributed by atoms with Crippen molar-refractivity contribution in [1.29, 1.82) is 0 Å². The standard InChI is InChI=1S/C16H19N3O2S/c1-3-22-9-8-14(20)18-13-6-4-12(5-7-13)16-17-11(2)10-15(21)19-16/h4-7,10H,3,8-9H2,1-2H3,(H,18,20)(H,17,19,21). The van der Waals surface area contributed by atoms with Gasteiger partial charge in [-0.2, -0.15) is 11.8 Å². The lowest BCUT2D eigenvalue weighted by Crippen LogP contribution is -2.12. The van der Waals surface area contributed by atoms with Crippen molar-refractivity contribution in [3.63, 3.8) is 0 Å². The van der Waals surface area contributed by atoms with Crippen molar-refractivity contribution in [1.82, 2.24) is 9.97 Å². The van der Waals surface area contributed by atoms with Crippen molar-refractivity contribution in [2.45, 2.75) is 20.3 Å². The van der Waals surface area contributed by atoms with Crippen LogP contribution in [0.1, 0.15) is 19.0 Å². The number of nitrogens with zero attached hydrogens (tertiary/aromatic N) is 1. The topological polar surface area (TPSA) is 74.8 Å². The lowest BCUT2D eigenvalue weighted by atomic mass is 10.2. The number of hydrogen-bond acceptors (Lipinski definition) is 4. The number of aromatic amines is 1. The number of benzene rings is 1. The molecule has 0 aliphatic rings. The molecule has 5 nitrogen and oxygen atoms in total. The molecule has 1 amide bonds. The first-order valence-corrected chi connectivity index (χ1v) is 8.30. The fraction of sp³-hybridized carbons (Fsp3) is 0.312. The van der Waals surface area contributed by atoms with Gasteiger partial charge in [0.15, 0.2) is 0 Å². The molecule has 2 N–H and O–H groups in total. The number of aromatic nitrogens is 2. The van der Waals surface area contributed by atoms with Crippen LogP contribution in [0.15, 0.2) is 35.1 Å². The van der Waals surface area contributed by atoms with Crippen molar-refractivity contribution >= 4 is 23.4 Å². The average Bonchev–Trinajstić information content (AvgIpc) is 2.47. The van der Waals surface area contributed by atoms with Gasteiger partial charge < -0.3 is 10.3 Å². The Bertz CT molecular complexity index is 695. The van der Waals surface area contributed by atoms with Gasteiger partial charge in [-0.3, -0.25) is 9.59 Å². The molecule has 0 saturated carbocycles. The zero-order valence-corrected chi connectivity index (χ0v) is 13.5. The quantitative estimate of drug-likeness (QED) is 0.803. The van der Waals surface area contributed by atoms with Crippen LogP contribution >= 0.6 is 11.8 Å². The number of carbonyl (C=O) groups excluding carboxylic acids is 1. The maximum absolute atomic E-state index is 11.7. The molecule has 2 rings (SSSR count). The van der Waals surface area contributed by atoms with Gasteiger partial charge in [0.05, 0.1) is 0 Å². The highest BCUT2D eigenvalue weighted by atomic mass is 32.2. The number of anilines is 1.